The zero-order valence-corrected chi connectivity index (χ0v) is 11.2. The number of hydrogen-bond acceptors (Lipinski definition) is 4. The summed E-state index contributed by atoms with van der Waals surface area (Å²) in [6, 6.07) is 6.96. The predicted molar refractivity (Wildman–Crippen MR) is 74.7 cm³/mol. The van der Waals surface area contributed by atoms with Gasteiger partial charge in [-0.1, -0.05) is 0 Å². The van der Waals surface area contributed by atoms with Crippen LogP contribution in [0, 0.1) is 11.3 Å². The van der Waals surface area contributed by atoms with Gasteiger partial charge in [-0.3, -0.25) is 14.3 Å². The van der Waals surface area contributed by atoms with Crippen molar-refractivity contribution in [1.29, 1.82) is 5.26 Å². The molecule has 2 heterocycles. The molecular weight excluding hydrogens is 270 g/mol. The molecule has 0 spiro atoms. The van der Waals surface area contributed by atoms with Crippen LogP contribution in [0.1, 0.15) is 21.5 Å². The third kappa shape index (κ3) is 2.23. The Labute approximate surface area is 120 Å². The highest BCUT2D eigenvalue weighted by molar-refractivity contribution is 6.06. The molecule has 7 nitrogen and oxygen atoms in total. The number of carbonyl (C=O) groups is 2. The lowest BCUT2D eigenvalue weighted by molar-refractivity contribution is -0.115. The van der Waals surface area contributed by atoms with Crippen LogP contribution in [-0.2, 0) is 18.3 Å². The third-order valence-electron chi connectivity index (χ3n) is 3.28. The van der Waals surface area contributed by atoms with Crippen molar-refractivity contribution in [3.63, 3.8) is 0 Å². The second-order valence-corrected chi connectivity index (χ2v) is 4.69. The smallest absolute Gasteiger partial charge is 0.256 e. The largest absolute Gasteiger partial charge is 0.326 e. The molecule has 3 rings (SSSR count). The lowest BCUT2D eigenvalue weighted by Crippen LogP contribution is -2.15. The van der Waals surface area contributed by atoms with Crippen LogP contribution >= 0.6 is 0 Å². The first-order valence-corrected chi connectivity index (χ1v) is 6.24. The van der Waals surface area contributed by atoms with E-state index in [-0.39, 0.29) is 18.2 Å². The van der Waals surface area contributed by atoms with Crippen molar-refractivity contribution in [2.24, 2.45) is 7.05 Å². The highest BCUT2D eigenvalue weighted by atomic mass is 16.2. The van der Waals surface area contributed by atoms with Crippen LogP contribution in [0.15, 0.2) is 24.4 Å². The van der Waals surface area contributed by atoms with Crippen LogP contribution in [0.25, 0.3) is 0 Å². The summed E-state index contributed by atoms with van der Waals surface area (Å²) in [5.41, 5.74) is 2.24. The minimum Gasteiger partial charge on any atom is -0.326 e. The molecule has 0 aliphatic carbocycles. The summed E-state index contributed by atoms with van der Waals surface area (Å²) in [4.78, 5) is 23.6. The summed E-state index contributed by atoms with van der Waals surface area (Å²) in [5, 5.41) is 18.3. The Balaban J connectivity index is 1.87. The average Bonchev–Trinajstić information content (AvgIpc) is 3.00. The summed E-state index contributed by atoms with van der Waals surface area (Å²) in [6.07, 6.45) is 1.66. The van der Waals surface area contributed by atoms with E-state index < -0.39 is 0 Å². The molecule has 0 saturated heterocycles. The standard InChI is InChI=1S/C14H11N5O2/c1-19-13(10(6-15)7-16-19)18-14(21)8-2-3-11-9(4-8)5-12(20)17-11/h2-4,7H,5H2,1H3,(H,17,20)(H,18,21). The molecule has 7 heteroatoms. The van der Waals surface area contributed by atoms with Crippen molar-refractivity contribution >= 4 is 23.3 Å². The zero-order chi connectivity index (χ0) is 15.0. The van der Waals surface area contributed by atoms with Gasteiger partial charge in [-0.25, -0.2) is 0 Å². The Kier molecular flexibility index (Phi) is 2.92. The van der Waals surface area contributed by atoms with E-state index in [9.17, 15) is 9.59 Å². The summed E-state index contributed by atoms with van der Waals surface area (Å²) in [5.74, 6) is -0.0876. The molecule has 0 bridgehead atoms. The Morgan fingerprint density at radius 3 is 3.10 bits per heavy atom. The van der Waals surface area contributed by atoms with Crippen LogP contribution in [-0.4, -0.2) is 21.6 Å². The minimum atomic E-state index is -0.350. The molecule has 0 saturated carbocycles. The Hall–Kier alpha value is -3.14. The van der Waals surface area contributed by atoms with Gasteiger partial charge in [0.25, 0.3) is 5.91 Å². The van der Waals surface area contributed by atoms with Crippen molar-refractivity contribution in [2.45, 2.75) is 6.42 Å². The van der Waals surface area contributed by atoms with Crippen LogP contribution in [0.5, 0.6) is 0 Å². The van der Waals surface area contributed by atoms with Gasteiger partial charge in [0.2, 0.25) is 5.91 Å². The van der Waals surface area contributed by atoms with Gasteiger partial charge in [0.1, 0.15) is 17.5 Å². The SMILES string of the molecule is Cn1ncc(C#N)c1NC(=O)c1ccc2c(c1)CC(=O)N2. The lowest BCUT2D eigenvalue weighted by atomic mass is 10.1. The van der Waals surface area contributed by atoms with Gasteiger partial charge >= 0.3 is 0 Å². The fourth-order valence-corrected chi connectivity index (χ4v) is 2.22. The van der Waals surface area contributed by atoms with E-state index in [1.165, 1.54) is 10.9 Å². The molecule has 21 heavy (non-hydrogen) atoms. The van der Waals surface area contributed by atoms with E-state index in [2.05, 4.69) is 15.7 Å². The van der Waals surface area contributed by atoms with Crippen molar-refractivity contribution in [3.8, 4) is 6.07 Å². The molecule has 2 N–H and O–H groups in total. The second-order valence-electron chi connectivity index (χ2n) is 4.69. The number of nitrogens with zero attached hydrogens (tertiary/aromatic N) is 3. The lowest BCUT2D eigenvalue weighted by Gasteiger charge is -2.07. The number of amides is 2. The van der Waals surface area contributed by atoms with E-state index >= 15 is 0 Å². The van der Waals surface area contributed by atoms with Gasteiger partial charge in [-0.05, 0) is 23.8 Å². The molecule has 0 unspecified atom stereocenters. The molecule has 2 amide bonds. The summed E-state index contributed by atoms with van der Waals surface area (Å²) in [7, 11) is 1.64. The summed E-state index contributed by atoms with van der Waals surface area (Å²) < 4.78 is 1.43. The monoisotopic (exact) mass is 281 g/mol. The normalized spacial score (nSPS) is 12.5. The fraction of sp³-hybridized carbons (Fsp3) is 0.143. The average molecular weight is 281 g/mol. The van der Waals surface area contributed by atoms with Crippen molar-refractivity contribution in [1.82, 2.24) is 9.78 Å². The van der Waals surface area contributed by atoms with E-state index in [1.54, 1.807) is 25.2 Å². The molecule has 0 radical (unpaired) electrons. The fourth-order valence-electron chi connectivity index (χ4n) is 2.22. The number of rotatable bonds is 2. The predicted octanol–water partition coefficient (Wildman–Crippen LogP) is 1.04. The maximum absolute atomic E-state index is 12.2. The quantitative estimate of drug-likeness (QED) is 0.858. The van der Waals surface area contributed by atoms with Crippen LogP contribution in [0.3, 0.4) is 0 Å². The number of hydrogen-bond donors (Lipinski definition) is 2. The number of carbonyl (C=O) groups excluding carboxylic acids is 2. The Morgan fingerprint density at radius 2 is 2.33 bits per heavy atom. The van der Waals surface area contributed by atoms with Gasteiger partial charge in [-0.2, -0.15) is 10.4 Å². The van der Waals surface area contributed by atoms with Gasteiger partial charge in [0.05, 0.1) is 12.6 Å². The molecular formula is C14H11N5O2. The molecule has 1 aliphatic heterocycles. The first-order valence-electron chi connectivity index (χ1n) is 6.24. The molecule has 1 aromatic heterocycles. The highest BCUT2D eigenvalue weighted by Gasteiger charge is 2.20. The maximum Gasteiger partial charge on any atom is 0.256 e. The number of anilines is 2. The number of aryl methyl sites for hydroxylation is 1. The number of aromatic nitrogens is 2. The molecule has 0 atom stereocenters. The van der Waals surface area contributed by atoms with Gasteiger partial charge in [0, 0.05) is 18.3 Å². The number of benzene rings is 1. The highest BCUT2D eigenvalue weighted by Crippen LogP contribution is 2.24. The van der Waals surface area contributed by atoms with Crippen LogP contribution in [0.2, 0.25) is 0 Å². The molecule has 2 aromatic rings. The number of nitrogens with one attached hydrogen (secondary N) is 2. The van der Waals surface area contributed by atoms with Gasteiger partial charge in [-0.15, -0.1) is 0 Å². The topological polar surface area (TPSA) is 99.8 Å². The van der Waals surface area contributed by atoms with Crippen molar-refractivity contribution in [3.05, 3.63) is 41.1 Å². The van der Waals surface area contributed by atoms with Crippen molar-refractivity contribution in [2.75, 3.05) is 10.6 Å². The van der Waals surface area contributed by atoms with Gasteiger partial charge in [0.15, 0.2) is 0 Å². The van der Waals surface area contributed by atoms with Crippen LogP contribution < -0.4 is 10.6 Å². The molecule has 1 aliphatic rings. The van der Waals surface area contributed by atoms with E-state index in [0.29, 0.717) is 16.9 Å². The third-order valence-corrected chi connectivity index (χ3v) is 3.28. The Bertz CT molecular complexity index is 800. The van der Waals surface area contributed by atoms with Crippen molar-refractivity contribution < 1.29 is 9.59 Å². The van der Waals surface area contributed by atoms with Gasteiger partial charge < -0.3 is 10.6 Å². The number of fused-ring (bicyclic) bond motifs is 1. The second kappa shape index (κ2) is 4.76. The zero-order valence-electron chi connectivity index (χ0n) is 11.2. The first kappa shape index (κ1) is 12.9. The van der Waals surface area contributed by atoms with Crippen LogP contribution in [0.4, 0.5) is 11.5 Å². The Morgan fingerprint density at radius 1 is 1.52 bits per heavy atom. The first-order chi connectivity index (χ1) is 10.1. The maximum atomic E-state index is 12.2. The summed E-state index contributed by atoms with van der Waals surface area (Å²) in [6.45, 7) is 0. The summed E-state index contributed by atoms with van der Waals surface area (Å²) >= 11 is 0. The minimum absolute atomic E-state index is 0.0824. The number of nitriles is 1. The van der Waals surface area contributed by atoms with E-state index in [4.69, 9.17) is 5.26 Å². The molecule has 1 aromatic carbocycles. The molecule has 0 fully saturated rings. The van der Waals surface area contributed by atoms with E-state index in [0.717, 1.165) is 11.3 Å². The molecule has 104 valence electrons. The van der Waals surface area contributed by atoms with E-state index in [1.807, 2.05) is 6.07 Å².